The van der Waals surface area contributed by atoms with Gasteiger partial charge in [-0.15, -0.1) is 0 Å². The Balaban J connectivity index is 3.41. The molecule has 2 unspecified atom stereocenters. The molecule has 0 saturated carbocycles. The Hall–Kier alpha value is -2.18. The molecule has 0 aliphatic rings. The highest BCUT2D eigenvalue weighted by Gasteiger charge is 2.18. The van der Waals surface area contributed by atoms with E-state index in [-0.39, 0.29) is 18.5 Å². The van der Waals surface area contributed by atoms with Gasteiger partial charge in [-0.05, 0) is 83.5 Å². The highest BCUT2D eigenvalue weighted by molar-refractivity contribution is 5.76. The third-order valence-corrected chi connectivity index (χ3v) is 17.1. The second kappa shape index (κ2) is 71.3. The van der Waals surface area contributed by atoms with E-state index in [2.05, 4.69) is 55.6 Å². The highest BCUT2D eigenvalue weighted by Crippen LogP contribution is 2.19. The average molecular weight is 1150 g/mol. The minimum absolute atomic E-state index is 0.00106. The number of hydrogen-bond acceptors (Lipinski definition) is 5. The van der Waals surface area contributed by atoms with Gasteiger partial charge in [0.25, 0.3) is 0 Å². The van der Waals surface area contributed by atoms with Crippen LogP contribution >= 0.6 is 0 Å². The molecular weight excluding hydrogens is 1010 g/mol. The second-order valence-corrected chi connectivity index (χ2v) is 25.3. The van der Waals surface area contributed by atoms with Gasteiger partial charge in [0.1, 0.15) is 0 Å². The summed E-state index contributed by atoms with van der Waals surface area (Å²) in [5.74, 6) is -0.0631. The van der Waals surface area contributed by atoms with Crippen molar-refractivity contribution in [1.29, 1.82) is 0 Å². The number of hydrogen-bond donors (Lipinski definition) is 3. The van der Waals surface area contributed by atoms with Crippen LogP contribution in [0.5, 0.6) is 0 Å². The normalized spacial score (nSPS) is 12.8. The van der Waals surface area contributed by atoms with Crippen LogP contribution in [0.2, 0.25) is 0 Å². The molecule has 0 fully saturated rings. The molecule has 0 radical (unpaired) electrons. The van der Waals surface area contributed by atoms with Crippen LogP contribution < -0.4 is 5.32 Å². The summed E-state index contributed by atoms with van der Waals surface area (Å²) in [4.78, 5) is 24.6. The molecule has 1 amide bonds. The zero-order valence-electron chi connectivity index (χ0n) is 55.2. The third-order valence-electron chi connectivity index (χ3n) is 17.1. The van der Waals surface area contributed by atoms with Crippen LogP contribution in [0, 0.1) is 0 Å². The zero-order chi connectivity index (χ0) is 59.2. The van der Waals surface area contributed by atoms with Gasteiger partial charge in [-0.25, -0.2) is 0 Å². The number of allylic oxidation sites excluding steroid dienone is 7. The van der Waals surface area contributed by atoms with E-state index in [9.17, 15) is 19.8 Å². The first-order valence-electron chi connectivity index (χ1n) is 36.9. The first kappa shape index (κ1) is 79.8. The summed E-state index contributed by atoms with van der Waals surface area (Å²) >= 11 is 0. The SMILES string of the molecule is CCCC/C=C\C/C=C\CCCCCCCC(=O)OCCCCCCCCCCCCCC/C=C\CCCCCCCCCCCCCCC(=O)NC(CO)C(O)/C=C/CCCCCCCCCCCCCCCCCCCCCCC. The number of aliphatic hydroxyl groups excluding tert-OH is 2. The van der Waals surface area contributed by atoms with Gasteiger partial charge < -0.3 is 20.3 Å². The van der Waals surface area contributed by atoms with Gasteiger partial charge in [0, 0.05) is 12.8 Å². The maximum Gasteiger partial charge on any atom is 0.305 e. The Morgan fingerprint density at radius 1 is 0.341 bits per heavy atom. The lowest BCUT2D eigenvalue weighted by molar-refractivity contribution is -0.143. The lowest BCUT2D eigenvalue weighted by Crippen LogP contribution is -2.45. The van der Waals surface area contributed by atoms with Gasteiger partial charge in [-0.2, -0.15) is 0 Å². The van der Waals surface area contributed by atoms with Crippen LogP contribution in [0.1, 0.15) is 399 Å². The van der Waals surface area contributed by atoms with Crippen molar-refractivity contribution < 1.29 is 24.5 Å². The van der Waals surface area contributed by atoms with Crippen LogP contribution in [-0.2, 0) is 14.3 Å². The molecule has 6 nitrogen and oxygen atoms in total. The van der Waals surface area contributed by atoms with Crippen LogP contribution in [0.4, 0.5) is 0 Å². The molecule has 482 valence electrons. The van der Waals surface area contributed by atoms with Crippen LogP contribution in [0.25, 0.3) is 0 Å². The van der Waals surface area contributed by atoms with Crippen molar-refractivity contribution in [3.8, 4) is 0 Å². The monoisotopic (exact) mass is 1150 g/mol. The van der Waals surface area contributed by atoms with Gasteiger partial charge in [0.2, 0.25) is 5.91 Å². The van der Waals surface area contributed by atoms with Crippen LogP contribution in [0.3, 0.4) is 0 Å². The van der Waals surface area contributed by atoms with Crippen molar-refractivity contribution in [2.24, 2.45) is 0 Å². The predicted molar refractivity (Wildman–Crippen MR) is 361 cm³/mol. The Kier molecular flexibility index (Phi) is 69.4. The Morgan fingerprint density at radius 3 is 0.976 bits per heavy atom. The third kappa shape index (κ3) is 67.0. The summed E-state index contributed by atoms with van der Waals surface area (Å²) in [7, 11) is 0. The second-order valence-electron chi connectivity index (χ2n) is 25.3. The predicted octanol–water partition coefficient (Wildman–Crippen LogP) is 24.0. The van der Waals surface area contributed by atoms with E-state index >= 15 is 0 Å². The van der Waals surface area contributed by atoms with Crippen molar-refractivity contribution in [2.75, 3.05) is 13.2 Å². The fourth-order valence-corrected chi connectivity index (χ4v) is 11.4. The summed E-state index contributed by atoms with van der Waals surface area (Å²) < 4.78 is 5.48. The number of nitrogens with one attached hydrogen (secondary N) is 1. The number of aliphatic hydroxyl groups is 2. The standard InChI is InChI=1S/C76H143NO5/c1-3-5-7-9-11-13-15-17-19-20-21-22-29-32-35-38-41-44-48-52-56-60-64-68-74(79)73(72-78)77-75(80)69-65-61-57-53-49-45-42-39-36-33-30-27-25-23-24-26-28-31-34-37-40-43-47-51-55-59-63-67-71-82-76(81)70-66-62-58-54-50-46-18-16-14-12-10-8-6-4-2/h10,12,16,18,23-24,64,68,73-74,78-79H,3-9,11,13-15,17,19-22,25-63,65-67,69-72H2,1-2H3,(H,77,80)/b12-10-,18-16-,24-23-,68-64+. The maximum atomic E-state index is 12.5. The number of ether oxygens (including phenoxy) is 1. The minimum atomic E-state index is -0.847. The topological polar surface area (TPSA) is 95.9 Å². The van der Waals surface area contributed by atoms with E-state index in [0.717, 1.165) is 51.4 Å². The fraction of sp³-hybridized carbons (Fsp3) is 0.868. The molecule has 0 bridgehead atoms. The summed E-state index contributed by atoms with van der Waals surface area (Å²) in [6, 6.07) is -0.630. The molecular formula is C76H143NO5. The molecule has 2 atom stereocenters. The van der Waals surface area contributed by atoms with Gasteiger partial charge >= 0.3 is 5.97 Å². The summed E-state index contributed by atoms with van der Waals surface area (Å²) in [5.41, 5.74) is 0. The maximum absolute atomic E-state index is 12.5. The largest absolute Gasteiger partial charge is 0.466 e. The molecule has 6 heteroatoms. The molecule has 0 aliphatic carbocycles. The van der Waals surface area contributed by atoms with Crippen molar-refractivity contribution in [3.63, 3.8) is 0 Å². The van der Waals surface area contributed by atoms with Crippen LogP contribution in [-0.4, -0.2) is 47.4 Å². The van der Waals surface area contributed by atoms with Gasteiger partial charge in [-0.3, -0.25) is 9.59 Å². The molecule has 0 rings (SSSR count). The van der Waals surface area contributed by atoms with E-state index in [4.69, 9.17) is 4.74 Å². The average Bonchev–Trinajstić information content (AvgIpc) is 3.48. The molecule has 0 aromatic heterocycles. The lowest BCUT2D eigenvalue weighted by Gasteiger charge is -2.20. The first-order valence-corrected chi connectivity index (χ1v) is 36.9. The Bertz CT molecular complexity index is 1370. The molecule has 0 heterocycles. The molecule has 3 N–H and O–H groups in total. The summed E-state index contributed by atoms with van der Waals surface area (Å²) in [6.07, 6.45) is 93.4. The molecule has 0 saturated heterocycles. The van der Waals surface area contributed by atoms with Gasteiger partial charge in [-0.1, -0.05) is 351 Å². The quantitative estimate of drug-likeness (QED) is 0.0320. The van der Waals surface area contributed by atoms with Crippen LogP contribution in [0.15, 0.2) is 48.6 Å². The first-order chi connectivity index (χ1) is 40.5. The molecule has 0 aromatic carbocycles. The highest BCUT2D eigenvalue weighted by atomic mass is 16.5. The fourth-order valence-electron chi connectivity index (χ4n) is 11.4. The van der Waals surface area contributed by atoms with Crippen molar-refractivity contribution in [1.82, 2.24) is 5.32 Å². The number of carbonyl (C=O) groups is 2. The summed E-state index contributed by atoms with van der Waals surface area (Å²) in [5, 5.41) is 23.3. The number of esters is 1. The number of unbranched alkanes of at least 4 members (excludes halogenated alkanes) is 52. The molecule has 0 aliphatic heterocycles. The van der Waals surface area contributed by atoms with Crippen molar-refractivity contribution in [2.45, 2.75) is 411 Å². The smallest absolute Gasteiger partial charge is 0.305 e. The molecule has 0 spiro atoms. The van der Waals surface area contributed by atoms with E-state index in [0.29, 0.717) is 19.4 Å². The van der Waals surface area contributed by atoms with Gasteiger partial charge in [0.05, 0.1) is 25.4 Å². The Morgan fingerprint density at radius 2 is 0.622 bits per heavy atom. The molecule has 82 heavy (non-hydrogen) atoms. The minimum Gasteiger partial charge on any atom is -0.466 e. The number of rotatable bonds is 69. The van der Waals surface area contributed by atoms with E-state index < -0.39 is 12.1 Å². The zero-order valence-corrected chi connectivity index (χ0v) is 55.2. The molecule has 0 aromatic rings. The number of carbonyl (C=O) groups excluding carboxylic acids is 2. The van der Waals surface area contributed by atoms with Crippen molar-refractivity contribution in [3.05, 3.63) is 48.6 Å². The van der Waals surface area contributed by atoms with Gasteiger partial charge in [0.15, 0.2) is 0 Å². The van der Waals surface area contributed by atoms with E-state index in [1.807, 2.05) is 6.08 Å². The lowest BCUT2D eigenvalue weighted by atomic mass is 10.0. The van der Waals surface area contributed by atoms with E-state index in [1.165, 1.54) is 321 Å². The van der Waals surface area contributed by atoms with E-state index in [1.54, 1.807) is 6.08 Å². The van der Waals surface area contributed by atoms with Crippen molar-refractivity contribution >= 4 is 11.9 Å². The number of amides is 1. The Labute approximate surface area is 512 Å². The summed E-state index contributed by atoms with van der Waals surface area (Å²) in [6.45, 7) is 4.89.